The summed E-state index contributed by atoms with van der Waals surface area (Å²) in [4.78, 5) is 19.8. The Morgan fingerprint density at radius 1 is 1.30 bits per heavy atom. The minimum atomic E-state index is -0.679. The standard InChI is InChI=1S/C19H27N3O3S.Mg/c1-13(2)22-18(25)15(16(23)14-7-12-26-19(14)22)17(24)20-8-6-11-21-9-4-3-5-10-21;/h7,12-13,23H,3-6,8-11H2,1-2H3,(H,20,24);/q;+2/p-2. The first-order chi connectivity index (χ1) is 12.5. The van der Waals surface area contributed by atoms with Crippen molar-refractivity contribution in [1.29, 1.82) is 0 Å². The fraction of sp³-hybridized carbons (Fsp3) is 0.579. The molecule has 1 fully saturated rings. The molecule has 3 heterocycles. The molecule has 0 aromatic carbocycles. The largest absolute Gasteiger partial charge is 2.00 e. The topological polar surface area (TPSA) is 83.7 Å². The number of aliphatic imine (C=N–C) groups is 1. The van der Waals surface area contributed by atoms with E-state index < -0.39 is 17.2 Å². The molecule has 0 atom stereocenters. The van der Waals surface area contributed by atoms with Crippen LogP contribution in [0.1, 0.15) is 51.1 Å². The number of rotatable bonds is 6. The van der Waals surface area contributed by atoms with Crippen LogP contribution < -0.4 is 15.8 Å². The van der Waals surface area contributed by atoms with Crippen LogP contribution in [-0.4, -0.2) is 64.6 Å². The van der Waals surface area contributed by atoms with Crippen LogP contribution >= 0.6 is 11.3 Å². The molecular formula is C19H25MgN3O3S. The molecule has 1 aliphatic heterocycles. The molecule has 0 aliphatic carbocycles. The van der Waals surface area contributed by atoms with Crippen molar-refractivity contribution >= 4 is 50.5 Å². The summed E-state index contributed by atoms with van der Waals surface area (Å²) < 4.78 is 1.53. The first-order valence-corrected chi connectivity index (χ1v) is 10.2. The van der Waals surface area contributed by atoms with E-state index in [1.165, 1.54) is 35.2 Å². The predicted molar refractivity (Wildman–Crippen MR) is 108 cm³/mol. The van der Waals surface area contributed by atoms with Crippen molar-refractivity contribution in [3.63, 3.8) is 0 Å². The summed E-state index contributed by atoms with van der Waals surface area (Å²) in [6, 6.07) is 1.54. The fourth-order valence-electron chi connectivity index (χ4n) is 3.50. The van der Waals surface area contributed by atoms with Crippen LogP contribution in [0.3, 0.4) is 0 Å². The zero-order chi connectivity index (χ0) is 18.7. The first kappa shape index (κ1) is 22.2. The van der Waals surface area contributed by atoms with Gasteiger partial charge in [-0.15, -0.1) is 11.3 Å². The second-order valence-electron chi connectivity index (χ2n) is 7.06. The van der Waals surface area contributed by atoms with Gasteiger partial charge in [0.05, 0.1) is 0 Å². The molecule has 2 aromatic rings. The van der Waals surface area contributed by atoms with Crippen molar-refractivity contribution in [2.45, 2.75) is 45.6 Å². The van der Waals surface area contributed by atoms with Crippen LogP contribution in [0.2, 0.25) is 0 Å². The molecule has 0 saturated carbocycles. The third kappa shape index (κ3) is 4.85. The molecule has 142 valence electrons. The van der Waals surface area contributed by atoms with Gasteiger partial charge in [-0.1, -0.05) is 12.2 Å². The minimum absolute atomic E-state index is 0. The van der Waals surface area contributed by atoms with Crippen LogP contribution in [0.5, 0.6) is 5.75 Å². The van der Waals surface area contributed by atoms with Gasteiger partial charge in [0.25, 0.3) is 5.56 Å². The van der Waals surface area contributed by atoms with E-state index in [0.29, 0.717) is 16.8 Å². The summed E-state index contributed by atoms with van der Waals surface area (Å²) in [6.45, 7) is 7.20. The van der Waals surface area contributed by atoms with E-state index in [-0.39, 0.29) is 34.7 Å². The van der Waals surface area contributed by atoms with Gasteiger partial charge in [-0.3, -0.25) is 9.36 Å². The summed E-state index contributed by atoms with van der Waals surface area (Å²) in [5.74, 6) is -1.17. The second-order valence-corrected chi connectivity index (χ2v) is 7.95. The maximum atomic E-state index is 12.7. The average Bonchev–Trinajstić information content (AvgIpc) is 3.09. The molecule has 2 aromatic heterocycles. The van der Waals surface area contributed by atoms with Gasteiger partial charge >= 0.3 is 23.1 Å². The Bertz CT molecular complexity index is 854. The maximum Gasteiger partial charge on any atom is 2.00 e. The number of piperidine rings is 1. The zero-order valence-electron chi connectivity index (χ0n) is 16.1. The van der Waals surface area contributed by atoms with E-state index in [1.54, 1.807) is 11.4 Å². The smallest absolute Gasteiger partial charge is 0.871 e. The normalized spacial score (nSPS) is 16.0. The number of thiophene rings is 1. The van der Waals surface area contributed by atoms with Crippen LogP contribution in [-0.2, 0) is 0 Å². The molecule has 0 bridgehead atoms. The Balaban J connectivity index is 0.00000261. The van der Waals surface area contributed by atoms with Gasteiger partial charge in [0, 0.05) is 23.5 Å². The summed E-state index contributed by atoms with van der Waals surface area (Å²) in [6.07, 6.45) is 4.51. The van der Waals surface area contributed by atoms with Crippen molar-refractivity contribution < 1.29 is 10.2 Å². The van der Waals surface area contributed by atoms with Gasteiger partial charge in [0.15, 0.2) is 0 Å². The van der Waals surface area contributed by atoms with Crippen LogP contribution in [0, 0.1) is 0 Å². The number of nitrogens with zero attached hydrogens (tertiary/aromatic N) is 3. The maximum absolute atomic E-state index is 12.7. The van der Waals surface area contributed by atoms with Crippen molar-refractivity contribution in [2.75, 3.05) is 26.2 Å². The van der Waals surface area contributed by atoms with Gasteiger partial charge in [-0.05, 0) is 70.1 Å². The Morgan fingerprint density at radius 2 is 2.00 bits per heavy atom. The molecular weight excluding hydrogens is 375 g/mol. The average molecular weight is 400 g/mol. The number of fused-ring (bicyclic) bond motifs is 1. The molecule has 0 radical (unpaired) electrons. The number of aromatic nitrogens is 1. The molecule has 0 unspecified atom stereocenters. The molecule has 0 spiro atoms. The molecule has 1 saturated heterocycles. The number of hydrogen-bond acceptors (Lipinski definition) is 6. The minimum Gasteiger partial charge on any atom is -0.871 e. The molecule has 6 nitrogen and oxygen atoms in total. The monoisotopic (exact) mass is 399 g/mol. The molecule has 3 rings (SSSR count). The Morgan fingerprint density at radius 3 is 2.67 bits per heavy atom. The molecule has 27 heavy (non-hydrogen) atoms. The number of hydrogen-bond donors (Lipinski definition) is 0. The molecule has 0 N–H and O–H groups in total. The predicted octanol–water partition coefficient (Wildman–Crippen LogP) is 1.32. The van der Waals surface area contributed by atoms with Gasteiger partial charge < -0.3 is 20.1 Å². The fourth-order valence-corrected chi connectivity index (χ4v) is 4.53. The van der Waals surface area contributed by atoms with Gasteiger partial charge in [-0.25, -0.2) is 0 Å². The van der Waals surface area contributed by atoms with Gasteiger partial charge in [-0.2, -0.15) is 0 Å². The first-order valence-electron chi connectivity index (χ1n) is 9.27. The summed E-state index contributed by atoms with van der Waals surface area (Å²) in [7, 11) is 0. The molecule has 1 aliphatic rings. The Kier molecular flexibility index (Phi) is 8.14. The second kappa shape index (κ2) is 9.91. The SMILES string of the molecule is CC(C)n1c(=O)c(C([O-])=NCCCN2CCCCC2)c([O-])c2ccsc21.[Mg+2]. The van der Waals surface area contributed by atoms with Crippen LogP contribution in [0.4, 0.5) is 0 Å². The number of pyridine rings is 1. The summed E-state index contributed by atoms with van der Waals surface area (Å²) in [5.41, 5.74) is -0.840. The Labute approximate surface area is 179 Å². The van der Waals surface area contributed by atoms with E-state index in [4.69, 9.17) is 0 Å². The molecule has 0 amide bonds. The summed E-state index contributed by atoms with van der Waals surface area (Å²) in [5, 5.41) is 27.3. The zero-order valence-corrected chi connectivity index (χ0v) is 18.3. The van der Waals surface area contributed by atoms with Crippen molar-refractivity contribution in [3.05, 3.63) is 27.4 Å². The molecule has 8 heteroatoms. The van der Waals surface area contributed by atoms with E-state index in [1.807, 2.05) is 13.8 Å². The van der Waals surface area contributed by atoms with E-state index in [0.717, 1.165) is 26.1 Å². The van der Waals surface area contributed by atoms with E-state index in [2.05, 4.69) is 9.89 Å². The van der Waals surface area contributed by atoms with Crippen LogP contribution in [0.15, 0.2) is 21.2 Å². The third-order valence-electron chi connectivity index (χ3n) is 4.83. The number of likely N-dealkylation sites (tertiary alicyclic amines) is 1. The van der Waals surface area contributed by atoms with E-state index >= 15 is 0 Å². The van der Waals surface area contributed by atoms with Crippen molar-refractivity contribution in [1.82, 2.24) is 9.47 Å². The summed E-state index contributed by atoms with van der Waals surface area (Å²) >= 11 is 1.34. The van der Waals surface area contributed by atoms with Crippen molar-refractivity contribution in [2.24, 2.45) is 4.99 Å². The van der Waals surface area contributed by atoms with Crippen molar-refractivity contribution in [3.8, 4) is 5.75 Å². The van der Waals surface area contributed by atoms with Crippen LogP contribution in [0.25, 0.3) is 10.2 Å². The Hall–Kier alpha value is -1.09. The third-order valence-corrected chi connectivity index (χ3v) is 5.75. The van der Waals surface area contributed by atoms with Gasteiger partial charge in [0.1, 0.15) is 4.83 Å². The quantitative estimate of drug-likeness (QED) is 0.317. The van der Waals surface area contributed by atoms with E-state index in [9.17, 15) is 15.0 Å². The van der Waals surface area contributed by atoms with Gasteiger partial charge in [0.2, 0.25) is 0 Å².